The summed E-state index contributed by atoms with van der Waals surface area (Å²) in [5.74, 6) is -0.168. The molecule has 2 aromatic heterocycles. The predicted octanol–water partition coefficient (Wildman–Crippen LogP) is 4.40. The number of halogens is 2. The molecule has 0 bridgehead atoms. The van der Waals surface area contributed by atoms with Crippen molar-refractivity contribution in [1.29, 1.82) is 0 Å². The highest BCUT2D eigenvalue weighted by Gasteiger charge is 2.21. The number of ether oxygens (including phenoxy) is 1. The highest BCUT2D eigenvalue weighted by molar-refractivity contribution is 7.22. The lowest BCUT2D eigenvalue weighted by Gasteiger charge is -2.20. The topological polar surface area (TPSA) is 60.2 Å². The van der Waals surface area contributed by atoms with Crippen LogP contribution in [-0.2, 0) is 11.3 Å². The fourth-order valence-electron chi connectivity index (χ4n) is 2.73. The molecule has 6 nitrogen and oxygen atoms in total. The molecule has 0 N–H and O–H groups in total. The Hall–Kier alpha value is -2.97. The minimum absolute atomic E-state index is 0.181. The molecule has 0 aliphatic rings. The monoisotopic (exact) mass is 430 g/mol. The second-order valence-corrected chi connectivity index (χ2v) is 7.59. The lowest BCUT2D eigenvalue weighted by Crippen LogP contribution is -2.37. The number of aromatic nitrogens is 3. The third-order valence-corrected chi connectivity index (χ3v) is 5.47. The number of hydrogen-bond donors (Lipinski definition) is 0. The quantitative estimate of drug-likeness (QED) is 0.436. The summed E-state index contributed by atoms with van der Waals surface area (Å²) in [6, 6.07) is 13.3. The summed E-state index contributed by atoms with van der Waals surface area (Å²) in [4.78, 5) is 18.8. The molecule has 4 aromatic rings. The number of nitrogens with zero attached hydrogens (tertiary/aromatic N) is 4. The first-order valence-corrected chi connectivity index (χ1v) is 10.0. The van der Waals surface area contributed by atoms with Crippen LogP contribution in [0, 0.1) is 5.82 Å². The molecule has 1 amide bonds. The molecule has 0 aliphatic heterocycles. The number of thiazole rings is 1. The predicted molar refractivity (Wildman–Crippen MR) is 111 cm³/mol. The number of para-hydroxylation sites is 1. The molecule has 0 aliphatic carbocycles. The second kappa shape index (κ2) is 8.59. The Balaban J connectivity index is 1.55. The van der Waals surface area contributed by atoms with Gasteiger partial charge in [0.25, 0.3) is 5.91 Å². The highest BCUT2D eigenvalue weighted by atomic mass is 35.5. The van der Waals surface area contributed by atoms with Crippen LogP contribution in [0.4, 0.5) is 9.52 Å². The lowest BCUT2D eigenvalue weighted by atomic mass is 10.3. The van der Waals surface area contributed by atoms with Gasteiger partial charge in [0.05, 0.1) is 11.2 Å². The van der Waals surface area contributed by atoms with E-state index < -0.39 is 5.82 Å². The van der Waals surface area contributed by atoms with E-state index in [1.807, 2.05) is 12.3 Å². The van der Waals surface area contributed by atoms with Gasteiger partial charge in [-0.05, 0) is 42.5 Å². The molecule has 148 valence electrons. The highest BCUT2D eigenvalue weighted by Crippen LogP contribution is 2.30. The molecule has 0 unspecified atom stereocenters. The maximum absolute atomic E-state index is 14.1. The fourth-order valence-corrected chi connectivity index (χ4v) is 3.88. The number of benzene rings is 2. The Bertz CT molecular complexity index is 1120. The van der Waals surface area contributed by atoms with Crippen LogP contribution < -0.4 is 9.64 Å². The van der Waals surface area contributed by atoms with Crippen LogP contribution in [0.15, 0.2) is 60.9 Å². The van der Waals surface area contributed by atoms with Crippen molar-refractivity contribution in [3.63, 3.8) is 0 Å². The Morgan fingerprint density at radius 3 is 2.76 bits per heavy atom. The number of carbonyl (C=O) groups excluding carboxylic acids is 1. The maximum Gasteiger partial charge on any atom is 0.266 e. The Labute approximate surface area is 175 Å². The van der Waals surface area contributed by atoms with Gasteiger partial charge in [-0.25, -0.2) is 9.37 Å². The minimum Gasteiger partial charge on any atom is -0.484 e. The van der Waals surface area contributed by atoms with Crippen LogP contribution in [0.2, 0.25) is 5.02 Å². The molecular formula is C20H16ClFN4O2S. The average molecular weight is 431 g/mol. The van der Waals surface area contributed by atoms with Gasteiger partial charge in [-0.3, -0.25) is 14.4 Å². The van der Waals surface area contributed by atoms with Crippen molar-refractivity contribution in [1.82, 2.24) is 14.8 Å². The number of rotatable bonds is 7. The Morgan fingerprint density at radius 2 is 2.03 bits per heavy atom. The zero-order chi connectivity index (χ0) is 20.2. The molecule has 0 atom stereocenters. The van der Waals surface area contributed by atoms with E-state index in [4.69, 9.17) is 16.3 Å². The van der Waals surface area contributed by atoms with Crippen LogP contribution in [0.1, 0.15) is 0 Å². The summed E-state index contributed by atoms with van der Waals surface area (Å²) in [5.41, 5.74) is 0.253. The van der Waals surface area contributed by atoms with Gasteiger partial charge >= 0.3 is 0 Å². The van der Waals surface area contributed by atoms with Gasteiger partial charge in [-0.1, -0.05) is 29.0 Å². The van der Waals surface area contributed by atoms with Crippen LogP contribution in [0.5, 0.6) is 5.75 Å². The van der Waals surface area contributed by atoms with Crippen molar-refractivity contribution in [2.75, 3.05) is 18.1 Å². The second-order valence-electron chi connectivity index (χ2n) is 6.14. The van der Waals surface area contributed by atoms with Gasteiger partial charge in [0, 0.05) is 24.0 Å². The molecule has 0 fully saturated rings. The summed E-state index contributed by atoms with van der Waals surface area (Å²) in [6.07, 6.45) is 3.48. The van der Waals surface area contributed by atoms with E-state index in [2.05, 4.69) is 10.1 Å². The largest absolute Gasteiger partial charge is 0.484 e. The van der Waals surface area contributed by atoms with Crippen LogP contribution in [0.3, 0.4) is 0 Å². The lowest BCUT2D eigenvalue weighted by molar-refractivity contribution is -0.120. The zero-order valence-electron chi connectivity index (χ0n) is 15.2. The van der Waals surface area contributed by atoms with Gasteiger partial charge in [0.1, 0.15) is 17.1 Å². The normalized spacial score (nSPS) is 11.0. The molecule has 2 aromatic carbocycles. The molecule has 9 heteroatoms. The fraction of sp³-hybridized carbons (Fsp3) is 0.150. The summed E-state index contributed by atoms with van der Waals surface area (Å²) in [5, 5.41) is 5.16. The maximum atomic E-state index is 14.1. The summed E-state index contributed by atoms with van der Waals surface area (Å²) < 4.78 is 22.0. The number of hydrogen-bond acceptors (Lipinski definition) is 5. The van der Waals surface area contributed by atoms with Crippen molar-refractivity contribution >= 4 is 44.2 Å². The van der Waals surface area contributed by atoms with Crippen molar-refractivity contribution < 1.29 is 13.9 Å². The van der Waals surface area contributed by atoms with Gasteiger partial charge in [0.15, 0.2) is 11.7 Å². The first-order valence-electron chi connectivity index (χ1n) is 8.81. The third kappa shape index (κ3) is 4.55. The van der Waals surface area contributed by atoms with Gasteiger partial charge in [-0.2, -0.15) is 5.10 Å². The SMILES string of the molecule is O=C(COc1ccc(Cl)cc1)N(CCn1cccn1)c1nc2c(F)cccc2s1. The van der Waals surface area contributed by atoms with Crippen molar-refractivity contribution in [2.45, 2.75) is 6.54 Å². The summed E-state index contributed by atoms with van der Waals surface area (Å²) in [7, 11) is 0. The van der Waals surface area contributed by atoms with Gasteiger partial charge < -0.3 is 4.74 Å². The molecule has 0 radical (unpaired) electrons. The molecule has 0 saturated carbocycles. The van der Waals surface area contributed by atoms with Crippen molar-refractivity contribution in [3.05, 3.63) is 71.8 Å². The Morgan fingerprint density at radius 1 is 1.21 bits per heavy atom. The van der Waals surface area contributed by atoms with Crippen LogP contribution in [0.25, 0.3) is 10.2 Å². The van der Waals surface area contributed by atoms with Crippen molar-refractivity contribution in [3.8, 4) is 5.75 Å². The molecule has 29 heavy (non-hydrogen) atoms. The average Bonchev–Trinajstić information content (AvgIpc) is 3.38. The Kier molecular flexibility index (Phi) is 5.73. The molecule has 0 spiro atoms. The van der Waals surface area contributed by atoms with E-state index in [1.54, 1.807) is 47.3 Å². The zero-order valence-corrected chi connectivity index (χ0v) is 16.7. The smallest absolute Gasteiger partial charge is 0.266 e. The number of anilines is 1. The van der Waals surface area contributed by atoms with Crippen molar-refractivity contribution in [2.24, 2.45) is 0 Å². The number of fused-ring (bicyclic) bond motifs is 1. The molecule has 0 saturated heterocycles. The third-order valence-electron chi connectivity index (χ3n) is 4.18. The minimum atomic E-state index is -0.415. The van der Waals surface area contributed by atoms with E-state index in [9.17, 15) is 9.18 Å². The van der Waals surface area contributed by atoms with Gasteiger partial charge in [-0.15, -0.1) is 0 Å². The van der Waals surface area contributed by atoms with E-state index in [0.29, 0.717) is 33.7 Å². The van der Waals surface area contributed by atoms with Crippen LogP contribution >= 0.6 is 22.9 Å². The first-order chi connectivity index (χ1) is 14.1. The van der Waals surface area contributed by atoms with E-state index in [0.717, 1.165) is 0 Å². The summed E-state index contributed by atoms with van der Waals surface area (Å²) in [6.45, 7) is 0.614. The molecule has 4 rings (SSSR count). The standard InChI is InChI=1S/C20H16ClFN4O2S/c21-14-5-7-15(8-6-14)28-13-18(27)26(12-11-25-10-2-9-23-25)20-24-19-16(22)3-1-4-17(19)29-20/h1-10H,11-13H2. The number of carbonyl (C=O) groups is 1. The molecule has 2 heterocycles. The van der Waals surface area contributed by atoms with Crippen LogP contribution in [-0.4, -0.2) is 33.8 Å². The summed E-state index contributed by atoms with van der Waals surface area (Å²) >= 11 is 7.13. The van der Waals surface area contributed by atoms with E-state index in [1.165, 1.54) is 22.3 Å². The first kappa shape index (κ1) is 19.4. The van der Waals surface area contributed by atoms with Gasteiger partial charge in [0.2, 0.25) is 0 Å². The van der Waals surface area contributed by atoms with E-state index >= 15 is 0 Å². The van der Waals surface area contributed by atoms with E-state index in [-0.39, 0.29) is 18.0 Å². The molecular weight excluding hydrogens is 415 g/mol. The number of amides is 1.